The highest BCUT2D eigenvalue weighted by Crippen LogP contribution is 2.33. The van der Waals surface area contributed by atoms with Crippen molar-refractivity contribution in [2.75, 3.05) is 12.4 Å². The summed E-state index contributed by atoms with van der Waals surface area (Å²) >= 11 is 1.70. The molecule has 0 radical (unpaired) electrons. The lowest BCUT2D eigenvalue weighted by molar-refractivity contribution is 0.168. The molecule has 5 heteroatoms. The molecule has 124 valence electrons. The SMILES string of the molecule is Oc1cccc2c(SCC(COc3ccccc3)OP)cccc12. The first-order valence-electron chi connectivity index (χ1n) is 7.65. The highest BCUT2D eigenvalue weighted by atomic mass is 32.2. The summed E-state index contributed by atoms with van der Waals surface area (Å²) in [5.41, 5.74) is 0. The molecule has 3 nitrogen and oxygen atoms in total. The van der Waals surface area contributed by atoms with Gasteiger partial charge in [-0.05, 0) is 29.7 Å². The predicted molar refractivity (Wildman–Crippen MR) is 103 cm³/mol. The summed E-state index contributed by atoms with van der Waals surface area (Å²) < 4.78 is 11.2. The fourth-order valence-corrected chi connectivity index (χ4v) is 3.77. The first-order valence-corrected chi connectivity index (χ1v) is 9.10. The second kappa shape index (κ2) is 8.39. The zero-order chi connectivity index (χ0) is 16.8. The van der Waals surface area contributed by atoms with Crippen LogP contribution < -0.4 is 4.74 Å². The number of benzene rings is 3. The van der Waals surface area contributed by atoms with E-state index in [2.05, 4.69) is 15.5 Å². The molecule has 2 atom stereocenters. The first-order chi connectivity index (χ1) is 11.8. The second-order valence-electron chi connectivity index (χ2n) is 5.32. The van der Waals surface area contributed by atoms with E-state index >= 15 is 0 Å². The van der Waals surface area contributed by atoms with Gasteiger partial charge in [-0.15, -0.1) is 11.8 Å². The molecule has 3 rings (SSSR count). The van der Waals surface area contributed by atoms with Crippen LogP contribution in [0.1, 0.15) is 0 Å². The quantitative estimate of drug-likeness (QED) is 0.482. The van der Waals surface area contributed by atoms with Crippen LogP contribution >= 0.6 is 21.2 Å². The molecule has 0 aliphatic rings. The maximum Gasteiger partial charge on any atom is 0.123 e. The topological polar surface area (TPSA) is 38.7 Å². The number of hydrogen-bond acceptors (Lipinski definition) is 4. The minimum Gasteiger partial charge on any atom is -0.507 e. The number of ether oxygens (including phenoxy) is 1. The number of fused-ring (bicyclic) bond motifs is 1. The maximum atomic E-state index is 9.97. The van der Waals surface area contributed by atoms with Crippen molar-refractivity contribution in [2.45, 2.75) is 11.0 Å². The lowest BCUT2D eigenvalue weighted by atomic mass is 10.1. The van der Waals surface area contributed by atoms with E-state index in [1.54, 1.807) is 17.8 Å². The van der Waals surface area contributed by atoms with Gasteiger partial charge >= 0.3 is 0 Å². The molecule has 3 aromatic rings. The highest BCUT2D eigenvalue weighted by Gasteiger charge is 2.11. The Morgan fingerprint density at radius 1 is 0.917 bits per heavy atom. The third kappa shape index (κ3) is 4.21. The molecular formula is C19H19O3PS. The summed E-state index contributed by atoms with van der Waals surface area (Å²) in [6, 6.07) is 21.3. The molecule has 0 spiro atoms. The van der Waals surface area contributed by atoms with Crippen molar-refractivity contribution >= 4 is 32.0 Å². The van der Waals surface area contributed by atoms with Gasteiger partial charge in [0.1, 0.15) is 24.2 Å². The largest absolute Gasteiger partial charge is 0.507 e. The average Bonchev–Trinajstić information content (AvgIpc) is 2.63. The van der Waals surface area contributed by atoms with Gasteiger partial charge in [0.05, 0.1) is 0 Å². The number of phenols is 1. The molecule has 0 saturated carbocycles. The molecule has 0 bridgehead atoms. The third-order valence-electron chi connectivity index (χ3n) is 3.66. The Morgan fingerprint density at radius 2 is 1.67 bits per heavy atom. The second-order valence-corrected chi connectivity index (χ2v) is 6.66. The fraction of sp³-hybridized carbons (Fsp3) is 0.158. The van der Waals surface area contributed by atoms with Crippen molar-refractivity contribution in [1.29, 1.82) is 0 Å². The van der Waals surface area contributed by atoms with Crippen LogP contribution in [0.4, 0.5) is 0 Å². The number of phenolic OH excluding ortho intramolecular Hbond substituents is 1. The predicted octanol–water partition coefficient (Wildman–Crippen LogP) is 4.89. The summed E-state index contributed by atoms with van der Waals surface area (Å²) in [4.78, 5) is 1.12. The molecule has 3 aromatic carbocycles. The molecule has 0 saturated heterocycles. The molecule has 0 heterocycles. The number of hydrogen-bond donors (Lipinski definition) is 1. The smallest absolute Gasteiger partial charge is 0.123 e. The van der Waals surface area contributed by atoms with Gasteiger partial charge in [0.25, 0.3) is 0 Å². The van der Waals surface area contributed by atoms with Crippen molar-refractivity contribution in [1.82, 2.24) is 0 Å². The van der Waals surface area contributed by atoms with Crippen molar-refractivity contribution in [3.8, 4) is 11.5 Å². The summed E-state index contributed by atoms with van der Waals surface area (Å²) in [6.45, 7) is 0.483. The van der Waals surface area contributed by atoms with Gasteiger partial charge < -0.3 is 14.4 Å². The lowest BCUT2D eigenvalue weighted by Crippen LogP contribution is -2.21. The lowest BCUT2D eigenvalue weighted by Gasteiger charge is -2.16. The van der Waals surface area contributed by atoms with E-state index in [-0.39, 0.29) is 6.10 Å². The van der Waals surface area contributed by atoms with E-state index < -0.39 is 0 Å². The molecule has 1 N–H and O–H groups in total. The Labute approximate surface area is 148 Å². The van der Waals surface area contributed by atoms with Gasteiger partial charge in [-0.1, -0.05) is 42.5 Å². The standard InChI is InChI=1S/C19H19O3PS/c20-18-10-4-9-17-16(18)8-5-11-19(17)24-13-15(22-23)12-21-14-6-2-1-3-7-14/h1-11,15,20H,12-13,23H2. The molecule has 24 heavy (non-hydrogen) atoms. The van der Waals surface area contributed by atoms with Gasteiger partial charge in [0, 0.05) is 25.5 Å². The van der Waals surface area contributed by atoms with Crippen molar-refractivity contribution in [3.63, 3.8) is 0 Å². The molecule has 0 aliphatic carbocycles. The van der Waals surface area contributed by atoms with Crippen LogP contribution in [-0.2, 0) is 4.52 Å². The van der Waals surface area contributed by atoms with Crippen LogP contribution in [0.5, 0.6) is 11.5 Å². The van der Waals surface area contributed by atoms with Crippen molar-refractivity contribution in [3.05, 3.63) is 66.7 Å². The maximum absolute atomic E-state index is 9.97. The number of aromatic hydroxyl groups is 1. The van der Waals surface area contributed by atoms with Crippen molar-refractivity contribution < 1.29 is 14.4 Å². The molecule has 2 unspecified atom stereocenters. The minimum absolute atomic E-state index is 0.0484. The van der Waals surface area contributed by atoms with Gasteiger partial charge in [0.2, 0.25) is 0 Å². The van der Waals surface area contributed by atoms with Crippen LogP contribution in [0.3, 0.4) is 0 Å². The first kappa shape index (κ1) is 17.1. The third-order valence-corrected chi connectivity index (χ3v) is 5.25. The summed E-state index contributed by atoms with van der Waals surface area (Å²) in [5, 5.41) is 11.9. The van der Waals surface area contributed by atoms with Gasteiger partial charge in [-0.25, -0.2) is 0 Å². The van der Waals surface area contributed by atoms with Crippen LogP contribution in [-0.4, -0.2) is 23.6 Å². The summed E-state index contributed by atoms with van der Waals surface area (Å²) in [6.07, 6.45) is -0.0484. The molecule has 0 aliphatic heterocycles. The zero-order valence-corrected chi connectivity index (χ0v) is 15.1. The van der Waals surface area contributed by atoms with Crippen LogP contribution in [0, 0.1) is 0 Å². The Bertz CT molecular complexity index is 795. The molecular weight excluding hydrogens is 339 g/mol. The van der Waals surface area contributed by atoms with Gasteiger partial charge in [0.15, 0.2) is 0 Å². The van der Waals surface area contributed by atoms with Crippen LogP contribution in [0.15, 0.2) is 71.6 Å². The van der Waals surface area contributed by atoms with E-state index in [1.165, 1.54) is 0 Å². The molecule has 0 aromatic heterocycles. The summed E-state index contributed by atoms with van der Waals surface area (Å²) in [5.74, 6) is 1.90. The average molecular weight is 358 g/mol. The number of rotatable bonds is 7. The Balaban J connectivity index is 1.64. The monoisotopic (exact) mass is 358 g/mol. The number of para-hydroxylation sites is 1. The van der Waals surface area contributed by atoms with Crippen LogP contribution in [0.2, 0.25) is 0 Å². The van der Waals surface area contributed by atoms with Crippen LogP contribution in [0.25, 0.3) is 10.8 Å². The van der Waals surface area contributed by atoms with E-state index in [0.717, 1.165) is 27.2 Å². The van der Waals surface area contributed by atoms with Crippen molar-refractivity contribution in [2.24, 2.45) is 0 Å². The van der Waals surface area contributed by atoms with Gasteiger partial charge in [-0.3, -0.25) is 0 Å². The zero-order valence-electron chi connectivity index (χ0n) is 13.1. The normalized spacial score (nSPS) is 12.2. The summed E-state index contributed by atoms with van der Waals surface area (Å²) in [7, 11) is 2.32. The number of thioether (sulfide) groups is 1. The molecule has 0 amide bonds. The van der Waals surface area contributed by atoms with E-state index in [4.69, 9.17) is 9.26 Å². The van der Waals surface area contributed by atoms with Gasteiger partial charge in [-0.2, -0.15) is 0 Å². The Morgan fingerprint density at radius 3 is 2.46 bits per heavy atom. The highest BCUT2D eigenvalue weighted by molar-refractivity contribution is 7.99. The Hall–Kier alpha value is -1.74. The fourth-order valence-electron chi connectivity index (χ4n) is 2.41. The van der Waals surface area contributed by atoms with E-state index in [9.17, 15) is 5.11 Å². The minimum atomic E-state index is -0.0484. The van der Waals surface area contributed by atoms with E-state index in [1.807, 2.05) is 54.6 Å². The van der Waals surface area contributed by atoms with E-state index in [0.29, 0.717) is 12.4 Å². The Kier molecular flexibility index (Phi) is 5.97. The molecule has 0 fully saturated rings.